The van der Waals surface area contributed by atoms with Crippen LogP contribution in [0.25, 0.3) is 0 Å². The number of carbonyl (C=O) groups is 2. The smallest absolute Gasteiger partial charge is 0.305 e. The van der Waals surface area contributed by atoms with Crippen LogP contribution in [0.2, 0.25) is 0 Å². The molecule has 2 unspecified atom stereocenters. The second-order valence-electron chi connectivity index (χ2n) is 24.2. The van der Waals surface area contributed by atoms with Crippen molar-refractivity contribution in [2.45, 2.75) is 405 Å². The van der Waals surface area contributed by atoms with Crippen LogP contribution in [0.15, 0.2) is 24.3 Å². The van der Waals surface area contributed by atoms with E-state index >= 15 is 0 Å². The molecular weight excluding hydrogens is 947 g/mol. The lowest BCUT2D eigenvalue weighted by atomic mass is 10.0. The molecule has 0 fully saturated rings. The van der Waals surface area contributed by atoms with Crippen molar-refractivity contribution < 1.29 is 24.5 Å². The zero-order valence-corrected chi connectivity index (χ0v) is 52.2. The summed E-state index contributed by atoms with van der Waals surface area (Å²) in [5, 5.41) is 23.1. The van der Waals surface area contributed by atoms with Crippen LogP contribution in [0, 0.1) is 0 Å². The molecule has 77 heavy (non-hydrogen) atoms. The first-order valence-electron chi connectivity index (χ1n) is 35.1. The maximum atomic E-state index is 12.5. The van der Waals surface area contributed by atoms with Crippen molar-refractivity contribution in [3.05, 3.63) is 24.3 Å². The number of aliphatic hydroxyl groups excluding tert-OH is 2. The minimum atomic E-state index is -0.843. The van der Waals surface area contributed by atoms with Gasteiger partial charge in [-0.2, -0.15) is 0 Å². The largest absolute Gasteiger partial charge is 0.466 e. The first-order valence-corrected chi connectivity index (χ1v) is 35.1. The second-order valence-corrected chi connectivity index (χ2v) is 24.2. The van der Waals surface area contributed by atoms with Gasteiger partial charge in [0.1, 0.15) is 0 Å². The van der Waals surface area contributed by atoms with Crippen molar-refractivity contribution in [3.63, 3.8) is 0 Å². The van der Waals surface area contributed by atoms with Crippen LogP contribution < -0.4 is 5.32 Å². The van der Waals surface area contributed by atoms with Crippen molar-refractivity contribution in [1.82, 2.24) is 5.32 Å². The fourth-order valence-electron chi connectivity index (χ4n) is 11.1. The monoisotopic (exact) mass is 1080 g/mol. The highest BCUT2D eigenvalue weighted by atomic mass is 16.5. The van der Waals surface area contributed by atoms with E-state index in [1.165, 1.54) is 327 Å². The summed E-state index contributed by atoms with van der Waals surface area (Å²) in [6.45, 7) is 4.93. The van der Waals surface area contributed by atoms with E-state index in [0.717, 1.165) is 38.5 Å². The number of ether oxygens (including phenoxy) is 1. The van der Waals surface area contributed by atoms with Gasteiger partial charge in [0, 0.05) is 12.8 Å². The summed E-state index contributed by atoms with van der Waals surface area (Å²) in [5.74, 6) is -0.0456. The summed E-state index contributed by atoms with van der Waals surface area (Å²) in [4.78, 5) is 24.6. The van der Waals surface area contributed by atoms with Crippen LogP contribution in [0.4, 0.5) is 0 Å². The van der Waals surface area contributed by atoms with E-state index in [1.54, 1.807) is 6.08 Å². The third-order valence-corrected chi connectivity index (χ3v) is 16.5. The van der Waals surface area contributed by atoms with Crippen LogP contribution >= 0.6 is 0 Å². The molecular formula is C71H137NO5. The highest BCUT2D eigenvalue weighted by Crippen LogP contribution is 2.19. The Labute approximate surface area is 481 Å². The molecule has 0 aliphatic carbocycles. The van der Waals surface area contributed by atoms with Crippen LogP contribution in [-0.2, 0) is 14.3 Å². The van der Waals surface area contributed by atoms with Crippen LogP contribution in [0.3, 0.4) is 0 Å². The molecule has 1 amide bonds. The summed E-state index contributed by atoms with van der Waals surface area (Å²) >= 11 is 0. The number of nitrogens with one attached hydrogen (secondary N) is 1. The van der Waals surface area contributed by atoms with E-state index in [-0.39, 0.29) is 18.5 Å². The van der Waals surface area contributed by atoms with Crippen LogP contribution in [-0.4, -0.2) is 47.4 Å². The molecule has 0 aliphatic rings. The van der Waals surface area contributed by atoms with Gasteiger partial charge in [0.2, 0.25) is 5.91 Å². The van der Waals surface area contributed by atoms with Gasteiger partial charge in [0.25, 0.3) is 0 Å². The van der Waals surface area contributed by atoms with E-state index in [1.807, 2.05) is 6.08 Å². The lowest BCUT2D eigenvalue weighted by molar-refractivity contribution is -0.143. The van der Waals surface area contributed by atoms with Gasteiger partial charge < -0.3 is 20.3 Å². The van der Waals surface area contributed by atoms with E-state index in [9.17, 15) is 19.8 Å². The topological polar surface area (TPSA) is 95.9 Å². The summed E-state index contributed by atoms with van der Waals surface area (Å²) in [5.41, 5.74) is 0. The molecule has 2 atom stereocenters. The third kappa shape index (κ3) is 63.4. The number of allylic oxidation sites excluding steroid dienone is 3. The minimum Gasteiger partial charge on any atom is -0.466 e. The Balaban J connectivity index is 3.35. The molecule has 3 N–H and O–H groups in total. The van der Waals surface area contributed by atoms with Crippen LogP contribution in [0.5, 0.6) is 0 Å². The maximum absolute atomic E-state index is 12.5. The number of aliphatic hydroxyl groups is 2. The summed E-state index contributed by atoms with van der Waals surface area (Å²) < 4.78 is 5.51. The zero-order valence-electron chi connectivity index (χ0n) is 52.2. The van der Waals surface area contributed by atoms with E-state index in [4.69, 9.17) is 4.74 Å². The quantitative estimate of drug-likeness (QED) is 0.0320. The Kier molecular flexibility index (Phi) is 65.4. The number of hydrogen-bond acceptors (Lipinski definition) is 5. The average Bonchev–Trinajstić information content (AvgIpc) is 3.43. The number of esters is 1. The van der Waals surface area contributed by atoms with Crippen molar-refractivity contribution in [2.75, 3.05) is 13.2 Å². The molecule has 0 bridgehead atoms. The van der Waals surface area contributed by atoms with Crippen molar-refractivity contribution >= 4 is 11.9 Å². The number of amides is 1. The molecule has 0 heterocycles. The Morgan fingerprint density at radius 2 is 0.610 bits per heavy atom. The molecule has 0 aromatic rings. The van der Waals surface area contributed by atoms with Crippen molar-refractivity contribution in [1.29, 1.82) is 0 Å². The Hall–Kier alpha value is -1.66. The maximum Gasteiger partial charge on any atom is 0.305 e. The van der Waals surface area contributed by atoms with Gasteiger partial charge in [-0.05, 0) is 57.8 Å². The molecule has 0 aromatic carbocycles. The first-order chi connectivity index (χ1) is 38.0. The predicted molar refractivity (Wildman–Crippen MR) is 338 cm³/mol. The molecule has 0 spiro atoms. The number of unbranched alkanes of at least 4 members (excludes halogenated alkanes) is 53. The highest BCUT2D eigenvalue weighted by molar-refractivity contribution is 5.76. The molecule has 6 nitrogen and oxygen atoms in total. The molecule has 0 rings (SSSR count). The number of carbonyl (C=O) groups excluding carboxylic acids is 2. The molecule has 456 valence electrons. The molecule has 6 heteroatoms. The molecule has 0 aliphatic heterocycles. The highest BCUT2D eigenvalue weighted by Gasteiger charge is 2.18. The summed E-state index contributed by atoms with van der Waals surface area (Å²) in [6.07, 6.45) is 84.0. The van der Waals surface area contributed by atoms with Gasteiger partial charge in [0.05, 0.1) is 25.4 Å². The molecule has 0 aromatic heterocycles. The first kappa shape index (κ1) is 75.3. The lowest BCUT2D eigenvalue weighted by Crippen LogP contribution is -2.45. The lowest BCUT2D eigenvalue weighted by Gasteiger charge is -2.20. The Morgan fingerprint density at radius 3 is 0.922 bits per heavy atom. The number of hydrogen-bond donors (Lipinski definition) is 3. The van der Waals surface area contributed by atoms with Gasteiger partial charge >= 0.3 is 5.97 Å². The molecule has 0 radical (unpaired) electrons. The average molecular weight is 1080 g/mol. The Morgan fingerprint density at radius 1 is 0.351 bits per heavy atom. The fraction of sp³-hybridized carbons (Fsp3) is 0.915. The fourth-order valence-corrected chi connectivity index (χ4v) is 11.1. The standard InChI is InChI=1S/C71H137NO5/c1-3-5-7-9-11-13-15-17-18-19-30-34-37-41-45-49-53-57-61-65-71(76)77-66-62-58-54-50-46-42-38-35-32-29-27-25-23-21-20-22-24-26-28-31-33-36-40-44-48-52-56-60-64-70(75)72-68(67-73)69(74)63-59-55-51-47-43-39-16-14-12-10-8-6-4-2/h20-21,59,63,68-69,73-74H,3-19,22-58,60-62,64-67H2,1-2H3,(H,72,75)/b21-20-,63-59+. The van der Waals surface area contributed by atoms with Gasteiger partial charge in [0.15, 0.2) is 0 Å². The number of rotatable bonds is 66. The SMILES string of the molecule is CCCCCCCCCCCCC/C=C/C(O)C(CO)NC(=O)CCCCCCCCCCCCCC/C=C\CCCCCCCCCCCCCCOC(=O)CCCCCCCCCCCCCCCCCCCCC. The van der Waals surface area contributed by atoms with Crippen molar-refractivity contribution in [3.8, 4) is 0 Å². The van der Waals surface area contributed by atoms with Gasteiger partial charge in [-0.15, -0.1) is 0 Å². The normalized spacial score (nSPS) is 12.6. The Bertz CT molecular complexity index is 1200. The van der Waals surface area contributed by atoms with E-state index in [0.29, 0.717) is 19.4 Å². The van der Waals surface area contributed by atoms with E-state index < -0.39 is 12.1 Å². The summed E-state index contributed by atoms with van der Waals surface area (Å²) in [7, 11) is 0. The zero-order chi connectivity index (χ0) is 55.7. The minimum absolute atomic E-state index is 0.0209. The summed E-state index contributed by atoms with van der Waals surface area (Å²) in [6, 6.07) is -0.627. The van der Waals surface area contributed by atoms with Gasteiger partial charge in [-0.1, -0.05) is 346 Å². The molecule has 0 saturated carbocycles. The molecule has 0 saturated heterocycles. The predicted octanol–water partition coefficient (Wildman–Crippen LogP) is 22.5. The van der Waals surface area contributed by atoms with Crippen molar-refractivity contribution in [2.24, 2.45) is 0 Å². The van der Waals surface area contributed by atoms with Gasteiger partial charge in [-0.25, -0.2) is 0 Å². The third-order valence-electron chi connectivity index (χ3n) is 16.5. The van der Waals surface area contributed by atoms with Gasteiger partial charge in [-0.3, -0.25) is 9.59 Å². The second kappa shape index (κ2) is 66.8. The van der Waals surface area contributed by atoms with E-state index in [2.05, 4.69) is 31.3 Å². The van der Waals surface area contributed by atoms with Crippen LogP contribution in [0.1, 0.15) is 393 Å².